The Morgan fingerprint density at radius 2 is 1.38 bits per heavy atom. The molecule has 0 aliphatic carbocycles. The minimum atomic E-state index is -0.659. The van der Waals surface area contributed by atoms with Crippen LogP contribution in [0.2, 0.25) is 0 Å². The van der Waals surface area contributed by atoms with E-state index in [2.05, 4.69) is 4.74 Å². The summed E-state index contributed by atoms with van der Waals surface area (Å²) in [7, 11) is 0. The number of carbonyl (C=O) groups excluding carboxylic acids is 3. The minimum absolute atomic E-state index is 0.164. The normalized spacial score (nSPS) is 15.5. The number of ether oxygens (including phenoxy) is 2. The lowest BCUT2D eigenvalue weighted by atomic mass is 9.92. The molecule has 5 nitrogen and oxygen atoms in total. The largest absolute Gasteiger partial charge is 0.457 e. The van der Waals surface area contributed by atoms with E-state index in [-0.39, 0.29) is 23.7 Å². The van der Waals surface area contributed by atoms with Gasteiger partial charge in [0.05, 0.1) is 16.7 Å². The van der Waals surface area contributed by atoms with Crippen molar-refractivity contribution >= 4 is 17.9 Å². The molecule has 0 spiro atoms. The molecule has 21 heavy (non-hydrogen) atoms. The van der Waals surface area contributed by atoms with Gasteiger partial charge in [-0.25, -0.2) is 14.4 Å². The van der Waals surface area contributed by atoms with Crippen LogP contribution in [0.5, 0.6) is 0 Å². The van der Waals surface area contributed by atoms with Crippen molar-refractivity contribution < 1.29 is 23.9 Å². The van der Waals surface area contributed by atoms with E-state index in [0.29, 0.717) is 16.7 Å². The maximum atomic E-state index is 11.9. The molecule has 0 amide bonds. The lowest BCUT2D eigenvalue weighted by Gasteiger charge is -2.08. The van der Waals surface area contributed by atoms with Crippen molar-refractivity contribution in [2.45, 2.75) is 6.61 Å². The van der Waals surface area contributed by atoms with Crippen LogP contribution in [0.4, 0.5) is 0 Å². The first-order chi connectivity index (χ1) is 10.2. The first-order valence-electron chi connectivity index (χ1n) is 6.36. The third-order valence-corrected chi connectivity index (χ3v) is 3.71. The fourth-order valence-corrected chi connectivity index (χ4v) is 2.76. The standard InChI is InChI=1S/C16H8O5/c17-14-10-5-1-3-8(12(10)7-20-14)9-4-2-6-11-13(9)16(19)21-15(11)18/h1-6H,7H2. The highest BCUT2D eigenvalue weighted by molar-refractivity contribution is 6.18. The van der Waals surface area contributed by atoms with Gasteiger partial charge in [-0.05, 0) is 23.3 Å². The summed E-state index contributed by atoms with van der Waals surface area (Å²) < 4.78 is 9.69. The Morgan fingerprint density at radius 1 is 0.714 bits per heavy atom. The molecule has 0 N–H and O–H groups in total. The Bertz CT molecular complexity index is 835. The maximum Gasteiger partial charge on any atom is 0.347 e. The second-order valence-electron chi connectivity index (χ2n) is 4.81. The number of hydrogen-bond donors (Lipinski definition) is 0. The van der Waals surface area contributed by atoms with Crippen LogP contribution in [0, 0.1) is 0 Å². The molecule has 0 bridgehead atoms. The highest BCUT2D eigenvalue weighted by atomic mass is 16.6. The molecule has 0 saturated carbocycles. The van der Waals surface area contributed by atoms with Crippen molar-refractivity contribution in [3.8, 4) is 11.1 Å². The lowest BCUT2D eigenvalue weighted by molar-refractivity contribution is 0.0442. The number of benzene rings is 2. The monoisotopic (exact) mass is 280 g/mol. The molecule has 0 atom stereocenters. The van der Waals surface area contributed by atoms with Crippen LogP contribution < -0.4 is 0 Å². The van der Waals surface area contributed by atoms with Gasteiger partial charge in [0.1, 0.15) is 6.61 Å². The summed E-state index contributed by atoms with van der Waals surface area (Å²) in [5, 5.41) is 0. The van der Waals surface area contributed by atoms with Crippen molar-refractivity contribution in [1.82, 2.24) is 0 Å². The Balaban J connectivity index is 2.01. The summed E-state index contributed by atoms with van der Waals surface area (Å²) in [6.45, 7) is 0.164. The Morgan fingerprint density at radius 3 is 2.19 bits per heavy atom. The molecule has 0 unspecified atom stereocenters. The number of cyclic esters (lactones) is 3. The third kappa shape index (κ3) is 1.54. The summed E-state index contributed by atoms with van der Waals surface area (Å²) in [5.74, 6) is -1.68. The minimum Gasteiger partial charge on any atom is -0.457 e. The number of rotatable bonds is 1. The van der Waals surface area contributed by atoms with E-state index in [1.165, 1.54) is 0 Å². The van der Waals surface area contributed by atoms with Crippen molar-refractivity contribution in [2.75, 3.05) is 0 Å². The van der Waals surface area contributed by atoms with Gasteiger partial charge in [0.15, 0.2) is 0 Å². The highest BCUT2D eigenvalue weighted by Gasteiger charge is 2.34. The van der Waals surface area contributed by atoms with Crippen molar-refractivity contribution in [3.63, 3.8) is 0 Å². The van der Waals surface area contributed by atoms with Gasteiger partial charge in [0.2, 0.25) is 0 Å². The molecule has 0 saturated heterocycles. The molecule has 2 aliphatic heterocycles. The Labute approximate surface area is 119 Å². The van der Waals surface area contributed by atoms with Crippen molar-refractivity contribution in [2.24, 2.45) is 0 Å². The summed E-state index contributed by atoms with van der Waals surface area (Å²) in [5.41, 5.74) is 3.00. The van der Waals surface area contributed by atoms with Gasteiger partial charge >= 0.3 is 17.9 Å². The fraction of sp³-hybridized carbons (Fsp3) is 0.0625. The van der Waals surface area contributed by atoms with E-state index >= 15 is 0 Å². The van der Waals surface area contributed by atoms with E-state index in [1.807, 2.05) is 0 Å². The predicted octanol–water partition coefficient (Wildman–Crippen LogP) is 2.33. The van der Waals surface area contributed by atoms with E-state index in [1.54, 1.807) is 36.4 Å². The van der Waals surface area contributed by atoms with Crippen LogP contribution in [-0.2, 0) is 16.1 Å². The van der Waals surface area contributed by atoms with Gasteiger partial charge in [0.25, 0.3) is 0 Å². The zero-order valence-corrected chi connectivity index (χ0v) is 10.7. The first-order valence-corrected chi connectivity index (χ1v) is 6.36. The third-order valence-electron chi connectivity index (χ3n) is 3.71. The van der Waals surface area contributed by atoms with Crippen LogP contribution in [0.25, 0.3) is 11.1 Å². The highest BCUT2D eigenvalue weighted by Crippen LogP contribution is 2.36. The van der Waals surface area contributed by atoms with Gasteiger partial charge in [-0.3, -0.25) is 0 Å². The molecule has 2 aromatic carbocycles. The number of carbonyl (C=O) groups is 3. The van der Waals surface area contributed by atoms with Crippen LogP contribution >= 0.6 is 0 Å². The molecule has 2 heterocycles. The molecule has 2 aliphatic rings. The van der Waals surface area contributed by atoms with Gasteiger partial charge in [-0.15, -0.1) is 0 Å². The number of fused-ring (bicyclic) bond motifs is 2. The summed E-state index contributed by atoms with van der Waals surface area (Å²) in [4.78, 5) is 35.1. The first kappa shape index (κ1) is 11.8. The SMILES string of the molecule is O=C1OCc2c1cccc2-c1cccc2c1C(=O)OC2=O. The summed E-state index contributed by atoms with van der Waals surface area (Å²) >= 11 is 0. The lowest BCUT2D eigenvalue weighted by Crippen LogP contribution is -2.00. The second-order valence-corrected chi connectivity index (χ2v) is 4.81. The average Bonchev–Trinajstić information content (AvgIpc) is 3.01. The van der Waals surface area contributed by atoms with Crippen LogP contribution in [-0.4, -0.2) is 17.9 Å². The molecule has 4 rings (SSSR count). The molecule has 2 aromatic rings. The van der Waals surface area contributed by atoms with Gasteiger partial charge in [0, 0.05) is 5.56 Å². The zero-order valence-electron chi connectivity index (χ0n) is 10.7. The van der Waals surface area contributed by atoms with E-state index in [0.717, 1.165) is 5.56 Å². The van der Waals surface area contributed by atoms with Crippen LogP contribution in [0.3, 0.4) is 0 Å². The second kappa shape index (κ2) is 4.02. The van der Waals surface area contributed by atoms with Crippen LogP contribution in [0.15, 0.2) is 36.4 Å². The van der Waals surface area contributed by atoms with E-state index in [9.17, 15) is 14.4 Å². The van der Waals surface area contributed by atoms with Gasteiger partial charge in [-0.2, -0.15) is 0 Å². The molecule has 0 radical (unpaired) electrons. The Hall–Kier alpha value is -2.95. The smallest absolute Gasteiger partial charge is 0.347 e. The topological polar surface area (TPSA) is 69.7 Å². The molecule has 0 aromatic heterocycles. The summed E-state index contributed by atoms with van der Waals surface area (Å²) in [6, 6.07) is 10.2. The number of esters is 3. The molecule has 102 valence electrons. The van der Waals surface area contributed by atoms with Crippen molar-refractivity contribution in [3.05, 3.63) is 58.7 Å². The van der Waals surface area contributed by atoms with Crippen LogP contribution in [0.1, 0.15) is 36.6 Å². The van der Waals surface area contributed by atoms with Crippen molar-refractivity contribution in [1.29, 1.82) is 0 Å². The predicted molar refractivity (Wildman–Crippen MR) is 70.7 cm³/mol. The number of hydrogen-bond acceptors (Lipinski definition) is 5. The Kier molecular flexibility index (Phi) is 2.27. The summed E-state index contributed by atoms with van der Waals surface area (Å²) in [6.07, 6.45) is 0. The zero-order chi connectivity index (χ0) is 14.6. The molecule has 5 heteroatoms. The van der Waals surface area contributed by atoms with Gasteiger partial charge < -0.3 is 9.47 Å². The molecule has 0 fully saturated rings. The quantitative estimate of drug-likeness (QED) is 0.592. The van der Waals surface area contributed by atoms with E-state index in [4.69, 9.17) is 4.74 Å². The molecular weight excluding hydrogens is 272 g/mol. The van der Waals surface area contributed by atoms with Gasteiger partial charge in [-0.1, -0.05) is 24.3 Å². The van der Waals surface area contributed by atoms with E-state index < -0.39 is 11.9 Å². The fourth-order valence-electron chi connectivity index (χ4n) is 2.76. The molecular formula is C16H8O5. The maximum absolute atomic E-state index is 11.9. The average molecular weight is 280 g/mol.